The summed E-state index contributed by atoms with van der Waals surface area (Å²) in [5, 5.41) is 4.62. The van der Waals surface area contributed by atoms with Crippen molar-refractivity contribution in [3.05, 3.63) is 70.8 Å². The molecule has 0 saturated heterocycles. The number of hydrogen-bond acceptors (Lipinski definition) is 2. The van der Waals surface area contributed by atoms with Crippen molar-refractivity contribution < 1.29 is 0 Å². The number of anilines is 1. The van der Waals surface area contributed by atoms with Crippen LogP contribution in [0.4, 0.5) is 5.69 Å². The summed E-state index contributed by atoms with van der Waals surface area (Å²) in [4.78, 5) is 4.36. The summed E-state index contributed by atoms with van der Waals surface area (Å²) in [6.45, 7) is 0.807. The van der Waals surface area contributed by atoms with Gasteiger partial charge in [0.15, 0.2) is 0 Å². The second-order valence-electron chi connectivity index (χ2n) is 4.36. The average Bonchev–Trinajstić information content (AvgIpc) is 2.47. The topological polar surface area (TPSA) is 24.9 Å². The number of rotatable bonds is 3. The average molecular weight is 313 g/mol. The molecule has 1 aromatic heterocycles. The van der Waals surface area contributed by atoms with E-state index in [0.717, 1.165) is 27.6 Å². The lowest BCUT2D eigenvalue weighted by Gasteiger charge is -2.09. The summed E-state index contributed by atoms with van der Waals surface area (Å²) in [5.74, 6) is 0. The Morgan fingerprint density at radius 2 is 1.79 bits per heavy atom. The maximum absolute atomic E-state index is 4.36. The number of hydrogen-bond donors (Lipinski definition) is 1. The van der Waals surface area contributed by atoms with Gasteiger partial charge >= 0.3 is 0 Å². The lowest BCUT2D eigenvalue weighted by atomic mass is 10.1. The van der Waals surface area contributed by atoms with E-state index in [1.165, 1.54) is 5.56 Å². The molecule has 0 saturated carbocycles. The predicted octanol–water partition coefficient (Wildman–Crippen LogP) is 4.61. The molecular weight excluding hydrogens is 300 g/mol. The molecule has 2 aromatic carbocycles. The van der Waals surface area contributed by atoms with Gasteiger partial charge < -0.3 is 5.32 Å². The molecule has 1 N–H and O–H groups in total. The zero-order valence-corrected chi connectivity index (χ0v) is 11.9. The summed E-state index contributed by atoms with van der Waals surface area (Å²) < 4.78 is 1.10. The molecule has 0 amide bonds. The summed E-state index contributed by atoms with van der Waals surface area (Å²) in [5.41, 5.74) is 3.39. The normalized spacial score (nSPS) is 10.6. The summed E-state index contributed by atoms with van der Waals surface area (Å²) in [6.07, 6.45) is 1.82. The van der Waals surface area contributed by atoms with Gasteiger partial charge in [0.2, 0.25) is 0 Å². The molecule has 0 radical (unpaired) electrons. The Morgan fingerprint density at radius 1 is 0.947 bits per heavy atom. The molecule has 94 valence electrons. The minimum Gasteiger partial charge on any atom is -0.380 e. The van der Waals surface area contributed by atoms with Crippen molar-refractivity contribution in [2.75, 3.05) is 5.32 Å². The zero-order chi connectivity index (χ0) is 13.1. The van der Waals surface area contributed by atoms with Crippen LogP contribution >= 0.6 is 15.9 Å². The molecule has 3 aromatic rings. The Bertz CT molecular complexity index is 687. The molecule has 0 aliphatic carbocycles. The van der Waals surface area contributed by atoms with Gasteiger partial charge in [-0.15, -0.1) is 0 Å². The van der Waals surface area contributed by atoms with Crippen LogP contribution in [0, 0.1) is 0 Å². The molecule has 19 heavy (non-hydrogen) atoms. The molecule has 0 fully saturated rings. The fourth-order valence-electron chi connectivity index (χ4n) is 2.06. The first-order valence-electron chi connectivity index (χ1n) is 6.15. The maximum atomic E-state index is 4.36. The van der Waals surface area contributed by atoms with E-state index in [1.807, 2.05) is 24.4 Å². The van der Waals surface area contributed by atoms with E-state index in [2.05, 4.69) is 62.6 Å². The first-order valence-corrected chi connectivity index (χ1v) is 6.94. The molecule has 2 nitrogen and oxygen atoms in total. The van der Waals surface area contributed by atoms with Gasteiger partial charge in [-0.3, -0.25) is 4.98 Å². The van der Waals surface area contributed by atoms with Crippen LogP contribution in [0.5, 0.6) is 0 Å². The molecule has 0 aliphatic rings. The summed E-state index contributed by atoms with van der Waals surface area (Å²) >= 11 is 3.45. The second-order valence-corrected chi connectivity index (χ2v) is 5.27. The number of nitrogens with one attached hydrogen (secondary N) is 1. The van der Waals surface area contributed by atoms with Crippen LogP contribution in [-0.2, 0) is 6.54 Å². The van der Waals surface area contributed by atoms with Gasteiger partial charge in [0.1, 0.15) is 0 Å². The number of nitrogens with zero attached hydrogens (tertiary/aromatic N) is 1. The monoisotopic (exact) mass is 312 g/mol. The minimum absolute atomic E-state index is 0.807. The molecule has 3 heteroatoms. The number of halogens is 1. The Kier molecular flexibility index (Phi) is 3.47. The van der Waals surface area contributed by atoms with E-state index in [-0.39, 0.29) is 0 Å². The first kappa shape index (κ1) is 12.2. The summed E-state index contributed by atoms with van der Waals surface area (Å²) in [7, 11) is 0. The van der Waals surface area contributed by atoms with Gasteiger partial charge in [0, 0.05) is 28.3 Å². The van der Waals surface area contributed by atoms with Crippen molar-refractivity contribution in [3.63, 3.8) is 0 Å². The van der Waals surface area contributed by atoms with Crippen molar-refractivity contribution in [2.24, 2.45) is 0 Å². The Balaban J connectivity index is 1.84. The smallest absolute Gasteiger partial charge is 0.0722 e. The van der Waals surface area contributed by atoms with Gasteiger partial charge in [-0.05, 0) is 42.0 Å². The number of aromatic nitrogens is 1. The zero-order valence-electron chi connectivity index (χ0n) is 10.3. The van der Waals surface area contributed by atoms with Crippen molar-refractivity contribution in [1.29, 1.82) is 0 Å². The van der Waals surface area contributed by atoms with Crippen molar-refractivity contribution >= 4 is 32.5 Å². The van der Waals surface area contributed by atoms with Gasteiger partial charge in [-0.2, -0.15) is 0 Å². The van der Waals surface area contributed by atoms with Crippen LogP contribution in [-0.4, -0.2) is 4.98 Å². The van der Waals surface area contributed by atoms with E-state index in [0.29, 0.717) is 0 Å². The van der Waals surface area contributed by atoms with Crippen LogP contribution in [0.3, 0.4) is 0 Å². The van der Waals surface area contributed by atoms with Gasteiger partial charge in [0.05, 0.1) is 5.52 Å². The molecule has 0 aliphatic heterocycles. The molecule has 0 bridgehead atoms. The Hall–Kier alpha value is -1.87. The Morgan fingerprint density at radius 3 is 2.63 bits per heavy atom. The third-order valence-electron chi connectivity index (χ3n) is 3.04. The van der Waals surface area contributed by atoms with Crippen molar-refractivity contribution in [3.8, 4) is 0 Å². The highest BCUT2D eigenvalue weighted by molar-refractivity contribution is 9.10. The second kappa shape index (κ2) is 5.41. The summed E-state index contributed by atoms with van der Waals surface area (Å²) in [6, 6.07) is 18.5. The predicted molar refractivity (Wildman–Crippen MR) is 83.2 cm³/mol. The number of fused-ring (bicyclic) bond motifs is 1. The van der Waals surface area contributed by atoms with Gasteiger partial charge in [0.25, 0.3) is 0 Å². The van der Waals surface area contributed by atoms with E-state index >= 15 is 0 Å². The number of pyridine rings is 1. The molecule has 0 unspecified atom stereocenters. The third-order valence-corrected chi connectivity index (χ3v) is 3.57. The third kappa shape index (κ3) is 2.76. The lowest BCUT2D eigenvalue weighted by molar-refractivity contribution is 1.15. The van der Waals surface area contributed by atoms with E-state index in [1.54, 1.807) is 0 Å². The molecule has 0 spiro atoms. The van der Waals surface area contributed by atoms with Crippen LogP contribution in [0.1, 0.15) is 5.56 Å². The molecule has 1 heterocycles. The molecule has 3 rings (SSSR count). The largest absolute Gasteiger partial charge is 0.380 e. The molecular formula is C16H13BrN2. The molecule has 0 atom stereocenters. The number of benzene rings is 2. The highest BCUT2D eigenvalue weighted by Gasteiger charge is 2.00. The van der Waals surface area contributed by atoms with E-state index in [4.69, 9.17) is 0 Å². The van der Waals surface area contributed by atoms with Crippen LogP contribution in [0.2, 0.25) is 0 Å². The van der Waals surface area contributed by atoms with E-state index < -0.39 is 0 Å². The van der Waals surface area contributed by atoms with Crippen LogP contribution in [0.15, 0.2) is 65.3 Å². The lowest BCUT2D eigenvalue weighted by Crippen LogP contribution is -1.99. The fourth-order valence-corrected chi connectivity index (χ4v) is 2.32. The Labute approximate surface area is 120 Å². The van der Waals surface area contributed by atoms with Gasteiger partial charge in [-0.1, -0.05) is 34.1 Å². The standard InChI is InChI=1S/C16H13BrN2/c17-13-8-6-12(7-9-13)11-19-16-5-1-4-15-14(16)3-2-10-18-15/h1-10,19H,11H2. The minimum atomic E-state index is 0.807. The quantitative estimate of drug-likeness (QED) is 0.764. The maximum Gasteiger partial charge on any atom is 0.0722 e. The first-order chi connectivity index (χ1) is 9.33. The van der Waals surface area contributed by atoms with Crippen LogP contribution < -0.4 is 5.32 Å². The highest BCUT2D eigenvalue weighted by Crippen LogP contribution is 2.22. The van der Waals surface area contributed by atoms with E-state index in [9.17, 15) is 0 Å². The fraction of sp³-hybridized carbons (Fsp3) is 0.0625. The van der Waals surface area contributed by atoms with Crippen molar-refractivity contribution in [2.45, 2.75) is 6.54 Å². The van der Waals surface area contributed by atoms with Crippen molar-refractivity contribution in [1.82, 2.24) is 4.98 Å². The van der Waals surface area contributed by atoms with Gasteiger partial charge in [-0.25, -0.2) is 0 Å². The van der Waals surface area contributed by atoms with Crippen LogP contribution in [0.25, 0.3) is 10.9 Å². The highest BCUT2D eigenvalue weighted by atomic mass is 79.9. The SMILES string of the molecule is Brc1ccc(CNc2cccc3ncccc23)cc1.